The smallest absolute Gasteiger partial charge is 0.0570 e. The molecule has 0 atom stereocenters. The minimum absolute atomic E-state index is 0.129. The second kappa shape index (κ2) is 5.98. The van der Waals surface area contributed by atoms with Gasteiger partial charge in [0.1, 0.15) is 0 Å². The first-order chi connectivity index (χ1) is 9.09. The van der Waals surface area contributed by atoms with Crippen molar-refractivity contribution in [1.29, 1.82) is 0 Å². The van der Waals surface area contributed by atoms with E-state index in [9.17, 15) is 0 Å². The average molecular weight is 254 g/mol. The van der Waals surface area contributed by atoms with Crippen LogP contribution in [0.25, 0.3) is 0 Å². The molecule has 0 unspecified atom stereocenters. The minimum atomic E-state index is 0.129. The second-order valence-electron chi connectivity index (χ2n) is 5.62. The van der Waals surface area contributed by atoms with Gasteiger partial charge in [0.25, 0.3) is 0 Å². The van der Waals surface area contributed by atoms with Crippen molar-refractivity contribution in [2.45, 2.75) is 32.7 Å². The number of pyridine rings is 1. The van der Waals surface area contributed by atoms with Crippen molar-refractivity contribution in [1.82, 2.24) is 10.3 Å². The van der Waals surface area contributed by atoms with Gasteiger partial charge in [-0.25, -0.2) is 0 Å². The van der Waals surface area contributed by atoms with Crippen molar-refractivity contribution in [3.8, 4) is 0 Å². The van der Waals surface area contributed by atoms with E-state index in [1.807, 2.05) is 12.3 Å². The summed E-state index contributed by atoms with van der Waals surface area (Å²) in [6, 6.07) is 14.7. The fraction of sp³-hybridized carbons (Fsp3) is 0.353. The summed E-state index contributed by atoms with van der Waals surface area (Å²) in [6.45, 7) is 8.39. The quantitative estimate of drug-likeness (QED) is 0.884. The third kappa shape index (κ3) is 3.65. The molecule has 0 amide bonds. The zero-order valence-electron chi connectivity index (χ0n) is 12.0. The van der Waals surface area contributed by atoms with Gasteiger partial charge >= 0.3 is 0 Å². The van der Waals surface area contributed by atoms with E-state index in [1.165, 1.54) is 11.1 Å². The van der Waals surface area contributed by atoms with Crippen LogP contribution in [0.3, 0.4) is 0 Å². The van der Waals surface area contributed by atoms with E-state index >= 15 is 0 Å². The molecule has 19 heavy (non-hydrogen) atoms. The lowest BCUT2D eigenvalue weighted by Crippen LogP contribution is -2.32. The van der Waals surface area contributed by atoms with E-state index < -0.39 is 0 Å². The van der Waals surface area contributed by atoms with Gasteiger partial charge in [0.05, 0.1) is 5.69 Å². The van der Waals surface area contributed by atoms with E-state index in [1.54, 1.807) is 0 Å². The summed E-state index contributed by atoms with van der Waals surface area (Å²) >= 11 is 0. The molecule has 1 aromatic carbocycles. The van der Waals surface area contributed by atoms with Crippen molar-refractivity contribution in [3.05, 3.63) is 65.5 Å². The first-order valence-corrected chi connectivity index (χ1v) is 6.76. The number of hydrogen-bond donors (Lipinski definition) is 1. The molecule has 0 aliphatic carbocycles. The van der Waals surface area contributed by atoms with Crippen LogP contribution < -0.4 is 5.32 Å². The number of aryl methyl sites for hydroxylation is 1. The maximum absolute atomic E-state index is 4.41. The molecule has 1 aromatic heterocycles. The molecule has 2 nitrogen and oxygen atoms in total. The van der Waals surface area contributed by atoms with Gasteiger partial charge in [-0.3, -0.25) is 4.98 Å². The first-order valence-electron chi connectivity index (χ1n) is 6.76. The number of rotatable bonds is 5. The van der Waals surface area contributed by atoms with Crippen molar-refractivity contribution >= 4 is 0 Å². The highest BCUT2D eigenvalue weighted by Crippen LogP contribution is 2.21. The Morgan fingerprint density at radius 1 is 1.05 bits per heavy atom. The van der Waals surface area contributed by atoms with Crippen molar-refractivity contribution in [3.63, 3.8) is 0 Å². The van der Waals surface area contributed by atoms with Crippen LogP contribution in [0.5, 0.6) is 0 Å². The molecule has 0 spiro atoms. The molecule has 0 fully saturated rings. The maximum Gasteiger partial charge on any atom is 0.0570 e. The van der Waals surface area contributed by atoms with Crippen LogP contribution in [0.15, 0.2) is 48.7 Å². The van der Waals surface area contributed by atoms with Gasteiger partial charge in [-0.2, -0.15) is 0 Å². The predicted octanol–water partition coefficient (Wildman–Crippen LogP) is 3.46. The lowest BCUT2D eigenvalue weighted by Gasteiger charge is -2.25. The summed E-state index contributed by atoms with van der Waals surface area (Å²) < 4.78 is 0. The highest BCUT2D eigenvalue weighted by molar-refractivity contribution is 5.24. The molecule has 2 rings (SSSR count). The maximum atomic E-state index is 4.41. The van der Waals surface area contributed by atoms with Crippen LogP contribution in [0.2, 0.25) is 0 Å². The average Bonchev–Trinajstić information content (AvgIpc) is 2.42. The van der Waals surface area contributed by atoms with Crippen LogP contribution in [-0.4, -0.2) is 11.5 Å². The normalized spacial score (nSPS) is 11.5. The van der Waals surface area contributed by atoms with E-state index in [0.717, 1.165) is 18.8 Å². The third-order valence-electron chi connectivity index (χ3n) is 3.53. The molecular weight excluding hydrogens is 232 g/mol. The van der Waals surface area contributed by atoms with Gasteiger partial charge in [-0.05, 0) is 24.1 Å². The number of nitrogens with zero attached hydrogens (tertiary/aromatic N) is 1. The summed E-state index contributed by atoms with van der Waals surface area (Å²) in [6.07, 6.45) is 1.85. The van der Waals surface area contributed by atoms with Gasteiger partial charge in [-0.1, -0.05) is 50.2 Å². The number of hydrogen-bond acceptors (Lipinski definition) is 2. The SMILES string of the molecule is Cc1cccnc1CNCC(C)(C)c1ccccc1. The van der Waals surface area contributed by atoms with Gasteiger partial charge in [0, 0.05) is 24.7 Å². The molecule has 1 heterocycles. The fourth-order valence-electron chi connectivity index (χ4n) is 2.19. The zero-order chi connectivity index (χ0) is 13.7. The molecule has 0 aliphatic heterocycles. The molecule has 0 saturated heterocycles. The zero-order valence-corrected chi connectivity index (χ0v) is 12.0. The predicted molar refractivity (Wildman–Crippen MR) is 80.1 cm³/mol. The van der Waals surface area contributed by atoms with Crippen LogP contribution >= 0.6 is 0 Å². The second-order valence-corrected chi connectivity index (χ2v) is 5.62. The molecular formula is C17H22N2. The van der Waals surface area contributed by atoms with Crippen molar-refractivity contribution < 1.29 is 0 Å². The molecule has 1 N–H and O–H groups in total. The van der Waals surface area contributed by atoms with E-state index in [4.69, 9.17) is 0 Å². The Morgan fingerprint density at radius 3 is 2.47 bits per heavy atom. The van der Waals surface area contributed by atoms with Gasteiger partial charge in [-0.15, -0.1) is 0 Å². The summed E-state index contributed by atoms with van der Waals surface area (Å²) in [5, 5.41) is 3.52. The van der Waals surface area contributed by atoms with Gasteiger partial charge in [0.15, 0.2) is 0 Å². The number of aromatic nitrogens is 1. The van der Waals surface area contributed by atoms with Crippen molar-refractivity contribution in [2.75, 3.05) is 6.54 Å². The lowest BCUT2D eigenvalue weighted by molar-refractivity contribution is 0.466. The molecule has 2 aromatic rings. The Bertz CT molecular complexity index is 518. The van der Waals surface area contributed by atoms with Gasteiger partial charge < -0.3 is 5.32 Å². The third-order valence-corrected chi connectivity index (χ3v) is 3.53. The first kappa shape index (κ1) is 13.8. The monoisotopic (exact) mass is 254 g/mol. The summed E-state index contributed by atoms with van der Waals surface area (Å²) in [4.78, 5) is 4.41. The molecule has 0 saturated carbocycles. The highest BCUT2D eigenvalue weighted by atomic mass is 14.9. The Balaban J connectivity index is 1.94. The number of benzene rings is 1. The number of nitrogens with one attached hydrogen (secondary N) is 1. The molecule has 0 aliphatic rings. The molecule has 0 bridgehead atoms. The Hall–Kier alpha value is -1.67. The Kier molecular flexibility index (Phi) is 4.33. The molecule has 100 valence electrons. The van der Waals surface area contributed by atoms with Crippen LogP contribution in [0, 0.1) is 6.92 Å². The lowest BCUT2D eigenvalue weighted by atomic mass is 9.84. The van der Waals surface area contributed by atoms with Gasteiger partial charge in [0.2, 0.25) is 0 Å². The van der Waals surface area contributed by atoms with Crippen LogP contribution in [0.1, 0.15) is 30.7 Å². The Morgan fingerprint density at radius 2 is 1.79 bits per heavy atom. The largest absolute Gasteiger partial charge is 0.310 e. The molecule has 2 heteroatoms. The standard InChI is InChI=1S/C17H22N2/c1-14-8-7-11-19-16(14)12-18-13-17(2,3)15-9-5-4-6-10-15/h4-11,18H,12-13H2,1-3H3. The molecule has 0 radical (unpaired) electrons. The fourth-order valence-corrected chi connectivity index (χ4v) is 2.19. The van der Waals surface area contributed by atoms with Crippen LogP contribution in [0.4, 0.5) is 0 Å². The van der Waals surface area contributed by atoms with Crippen LogP contribution in [-0.2, 0) is 12.0 Å². The van der Waals surface area contributed by atoms with E-state index in [-0.39, 0.29) is 5.41 Å². The summed E-state index contributed by atoms with van der Waals surface area (Å²) in [5.74, 6) is 0. The van der Waals surface area contributed by atoms with E-state index in [2.05, 4.69) is 67.5 Å². The van der Waals surface area contributed by atoms with Crippen molar-refractivity contribution in [2.24, 2.45) is 0 Å². The summed E-state index contributed by atoms with van der Waals surface area (Å²) in [7, 11) is 0. The highest BCUT2D eigenvalue weighted by Gasteiger charge is 2.19. The summed E-state index contributed by atoms with van der Waals surface area (Å²) in [5.41, 5.74) is 3.86. The van der Waals surface area contributed by atoms with E-state index in [0.29, 0.717) is 0 Å². The topological polar surface area (TPSA) is 24.9 Å². The Labute approximate surface area is 115 Å². The minimum Gasteiger partial charge on any atom is -0.310 e.